The maximum Gasteiger partial charge on any atom is 0.223 e. The third-order valence-corrected chi connectivity index (χ3v) is 2.74. The van der Waals surface area contributed by atoms with Gasteiger partial charge in [-0.1, -0.05) is 11.6 Å². The van der Waals surface area contributed by atoms with Crippen molar-refractivity contribution in [2.24, 2.45) is 0 Å². The van der Waals surface area contributed by atoms with E-state index >= 15 is 0 Å². The SMILES string of the molecule is CC(=O)N1CC(O)c2cc(F)c(Cl)cc21. The highest BCUT2D eigenvalue weighted by Gasteiger charge is 2.30. The largest absolute Gasteiger partial charge is 0.386 e. The van der Waals surface area contributed by atoms with E-state index in [0.29, 0.717) is 11.3 Å². The molecule has 1 aliphatic rings. The smallest absolute Gasteiger partial charge is 0.223 e. The molecule has 1 N–H and O–H groups in total. The number of rotatable bonds is 0. The van der Waals surface area contributed by atoms with Crippen molar-refractivity contribution >= 4 is 23.2 Å². The van der Waals surface area contributed by atoms with Crippen LogP contribution in [0.4, 0.5) is 10.1 Å². The molecule has 1 heterocycles. The van der Waals surface area contributed by atoms with E-state index in [1.807, 2.05) is 0 Å². The molecule has 0 saturated carbocycles. The molecule has 0 radical (unpaired) electrons. The van der Waals surface area contributed by atoms with Crippen molar-refractivity contribution in [3.05, 3.63) is 28.5 Å². The van der Waals surface area contributed by atoms with E-state index in [-0.39, 0.29) is 17.5 Å². The zero-order chi connectivity index (χ0) is 11.2. The van der Waals surface area contributed by atoms with Gasteiger partial charge in [0.05, 0.1) is 23.4 Å². The summed E-state index contributed by atoms with van der Waals surface area (Å²) in [5.41, 5.74) is 0.897. The molecule has 0 spiro atoms. The summed E-state index contributed by atoms with van der Waals surface area (Å²) in [6.07, 6.45) is -0.837. The first-order chi connectivity index (χ1) is 7.00. The van der Waals surface area contributed by atoms with Crippen LogP contribution in [0, 0.1) is 5.82 Å². The van der Waals surface area contributed by atoms with E-state index in [0.717, 1.165) is 0 Å². The van der Waals surface area contributed by atoms with Gasteiger partial charge < -0.3 is 10.0 Å². The van der Waals surface area contributed by atoms with Crippen LogP contribution in [0.25, 0.3) is 0 Å². The van der Waals surface area contributed by atoms with Gasteiger partial charge >= 0.3 is 0 Å². The number of halogens is 2. The number of aliphatic hydroxyl groups excluding tert-OH is 1. The molecule has 1 unspecified atom stereocenters. The quantitative estimate of drug-likeness (QED) is 0.738. The maximum atomic E-state index is 13.1. The van der Waals surface area contributed by atoms with Crippen molar-refractivity contribution in [2.45, 2.75) is 13.0 Å². The second-order valence-corrected chi connectivity index (χ2v) is 3.88. The average Bonchev–Trinajstić information content (AvgIpc) is 2.45. The number of anilines is 1. The van der Waals surface area contributed by atoms with Crippen molar-refractivity contribution in [2.75, 3.05) is 11.4 Å². The van der Waals surface area contributed by atoms with Gasteiger partial charge in [-0.25, -0.2) is 4.39 Å². The van der Waals surface area contributed by atoms with Crippen molar-refractivity contribution in [3.63, 3.8) is 0 Å². The molecule has 1 aromatic rings. The van der Waals surface area contributed by atoms with Crippen LogP contribution >= 0.6 is 11.6 Å². The number of hydrogen-bond donors (Lipinski definition) is 1. The topological polar surface area (TPSA) is 40.5 Å². The molecule has 1 amide bonds. The predicted octanol–water partition coefficient (Wildman–Crippen LogP) is 1.88. The van der Waals surface area contributed by atoms with Crippen LogP contribution in [0.3, 0.4) is 0 Å². The Morgan fingerprint density at radius 3 is 2.93 bits per heavy atom. The fourth-order valence-electron chi connectivity index (χ4n) is 1.72. The summed E-state index contributed by atoms with van der Waals surface area (Å²) in [5, 5.41) is 9.57. The third-order valence-electron chi connectivity index (χ3n) is 2.46. The fraction of sp³-hybridized carbons (Fsp3) is 0.300. The second kappa shape index (κ2) is 3.47. The Bertz CT molecular complexity index is 436. The molecule has 2 rings (SSSR count). The lowest BCUT2D eigenvalue weighted by molar-refractivity contribution is -0.116. The van der Waals surface area contributed by atoms with Gasteiger partial charge in [0.1, 0.15) is 5.82 Å². The minimum atomic E-state index is -0.837. The Labute approximate surface area is 91.1 Å². The van der Waals surface area contributed by atoms with Crippen LogP contribution in [-0.4, -0.2) is 17.6 Å². The Kier molecular flexibility index (Phi) is 2.40. The molecule has 3 nitrogen and oxygen atoms in total. The van der Waals surface area contributed by atoms with Crippen LogP contribution in [0.15, 0.2) is 12.1 Å². The minimum Gasteiger partial charge on any atom is -0.386 e. The average molecular weight is 230 g/mol. The molecule has 1 aromatic carbocycles. The molecule has 1 aliphatic heterocycles. The van der Waals surface area contributed by atoms with E-state index in [1.54, 1.807) is 0 Å². The number of aliphatic hydroxyl groups is 1. The normalized spacial score (nSPS) is 19.2. The van der Waals surface area contributed by atoms with Crippen LogP contribution in [0.2, 0.25) is 5.02 Å². The maximum absolute atomic E-state index is 13.1. The summed E-state index contributed by atoms with van der Waals surface area (Å²) in [7, 11) is 0. The lowest BCUT2D eigenvalue weighted by atomic mass is 10.1. The van der Waals surface area contributed by atoms with E-state index in [9.17, 15) is 14.3 Å². The summed E-state index contributed by atoms with van der Waals surface area (Å²) in [5.74, 6) is -0.782. The van der Waals surface area contributed by atoms with Crippen LogP contribution in [0.5, 0.6) is 0 Å². The Morgan fingerprint density at radius 2 is 2.33 bits per heavy atom. The number of carbonyl (C=O) groups is 1. The first kappa shape index (κ1) is 10.4. The summed E-state index contributed by atoms with van der Waals surface area (Å²) in [4.78, 5) is 12.6. The van der Waals surface area contributed by atoms with E-state index in [1.165, 1.54) is 24.0 Å². The molecule has 5 heteroatoms. The van der Waals surface area contributed by atoms with Gasteiger partial charge in [0.15, 0.2) is 0 Å². The first-order valence-corrected chi connectivity index (χ1v) is 4.83. The van der Waals surface area contributed by atoms with Gasteiger partial charge in [-0.2, -0.15) is 0 Å². The zero-order valence-electron chi connectivity index (χ0n) is 8.00. The number of amides is 1. The molecule has 80 valence electrons. The van der Waals surface area contributed by atoms with Gasteiger partial charge in [0.2, 0.25) is 5.91 Å². The number of benzene rings is 1. The number of fused-ring (bicyclic) bond motifs is 1. The van der Waals surface area contributed by atoms with E-state index in [2.05, 4.69) is 0 Å². The summed E-state index contributed by atoms with van der Waals surface area (Å²) in [6, 6.07) is 2.54. The van der Waals surface area contributed by atoms with E-state index < -0.39 is 11.9 Å². The van der Waals surface area contributed by atoms with Crippen molar-refractivity contribution in [1.29, 1.82) is 0 Å². The standard InChI is InChI=1S/C10H9ClFNO2/c1-5(14)13-4-10(15)6-2-8(12)7(11)3-9(6)13/h2-3,10,15H,4H2,1H3. The van der Waals surface area contributed by atoms with Crippen molar-refractivity contribution < 1.29 is 14.3 Å². The zero-order valence-corrected chi connectivity index (χ0v) is 8.75. The second-order valence-electron chi connectivity index (χ2n) is 3.47. The third kappa shape index (κ3) is 1.60. The number of hydrogen-bond acceptors (Lipinski definition) is 2. The Morgan fingerprint density at radius 1 is 1.67 bits per heavy atom. The van der Waals surface area contributed by atoms with Gasteiger partial charge in [-0.15, -0.1) is 0 Å². The number of nitrogens with zero attached hydrogens (tertiary/aromatic N) is 1. The molecular weight excluding hydrogens is 221 g/mol. The number of β-amino-alcohol motifs (C(OH)–C–C–N with tert-alkyl or cyclic N) is 1. The molecule has 0 fully saturated rings. The molecule has 0 aliphatic carbocycles. The van der Waals surface area contributed by atoms with Crippen LogP contribution in [-0.2, 0) is 4.79 Å². The molecule has 15 heavy (non-hydrogen) atoms. The molecular formula is C10H9ClFNO2. The summed E-state index contributed by atoms with van der Waals surface area (Å²) >= 11 is 5.62. The predicted molar refractivity (Wildman–Crippen MR) is 54.4 cm³/mol. The minimum absolute atomic E-state index is 0.0471. The molecule has 1 atom stereocenters. The molecule has 0 aromatic heterocycles. The highest BCUT2D eigenvalue weighted by atomic mass is 35.5. The monoisotopic (exact) mass is 229 g/mol. The molecule has 0 bridgehead atoms. The van der Waals surface area contributed by atoms with E-state index in [4.69, 9.17) is 11.6 Å². The Balaban J connectivity index is 2.56. The van der Waals surface area contributed by atoms with Gasteiger partial charge in [-0.05, 0) is 12.1 Å². The Hall–Kier alpha value is -1.13. The molecule has 0 saturated heterocycles. The lowest BCUT2D eigenvalue weighted by Gasteiger charge is -2.14. The van der Waals surface area contributed by atoms with Crippen molar-refractivity contribution in [3.8, 4) is 0 Å². The van der Waals surface area contributed by atoms with Gasteiger partial charge in [0.25, 0.3) is 0 Å². The summed E-state index contributed by atoms with van der Waals surface area (Å²) < 4.78 is 13.1. The fourth-order valence-corrected chi connectivity index (χ4v) is 1.88. The number of carbonyl (C=O) groups excluding carboxylic acids is 1. The van der Waals surface area contributed by atoms with Gasteiger partial charge in [0, 0.05) is 12.5 Å². The lowest BCUT2D eigenvalue weighted by Crippen LogP contribution is -2.26. The van der Waals surface area contributed by atoms with Gasteiger partial charge in [-0.3, -0.25) is 4.79 Å². The van der Waals surface area contributed by atoms with Crippen LogP contribution in [0.1, 0.15) is 18.6 Å². The van der Waals surface area contributed by atoms with Crippen LogP contribution < -0.4 is 4.90 Å². The highest BCUT2D eigenvalue weighted by molar-refractivity contribution is 6.31. The van der Waals surface area contributed by atoms with Crippen molar-refractivity contribution in [1.82, 2.24) is 0 Å². The first-order valence-electron chi connectivity index (χ1n) is 4.46. The highest BCUT2D eigenvalue weighted by Crippen LogP contribution is 2.37. The summed E-state index contributed by atoms with van der Waals surface area (Å²) in [6.45, 7) is 1.55.